The number of urea groups is 1. The summed E-state index contributed by atoms with van der Waals surface area (Å²) in [7, 11) is 0. The molecule has 1 aromatic heterocycles. The van der Waals surface area contributed by atoms with Crippen LogP contribution in [0.1, 0.15) is 38.8 Å². The van der Waals surface area contributed by atoms with Gasteiger partial charge in [-0.1, -0.05) is 11.6 Å². The van der Waals surface area contributed by atoms with Crippen molar-refractivity contribution in [2.24, 2.45) is 0 Å². The molecule has 0 bridgehead atoms. The molecule has 0 aliphatic carbocycles. The number of aromatic nitrogens is 2. The van der Waals surface area contributed by atoms with Crippen LogP contribution in [-0.4, -0.2) is 39.3 Å². The fourth-order valence-corrected chi connectivity index (χ4v) is 5.51. The number of hydrogen-bond donors (Lipinski definition) is 3. The molecule has 3 heterocycles. The average Bonchev–Trinajstić information content (AvgIpc) is 3.59. The van der Waals surface area contributed by atoms with Crippen LogP contribution in [-0.2, 0) is 5.60 Å². The largest absolute Gasteiger partial charge is 0.423 e. The van der Waals surface area contributed by atoms with Crippen molar-refractivity contribution in [1.82, 2.24) is 14.9 Å². The monoisotopic (exact) mass is 603 g/mol. The number of carbonyl (C=O) groups excluding carboxylic acids is 2. The Hall–Kier alpha value is -4.49. The SMILES string of the molecule is Cc1cn(-c2cc(NC(=O)N3C[C@@](O)(C(F)(F)F)c4cc(F)ccc43)c3c(c2)C(=O)N[C@@H]3c2cc(F)ccc2Cl)cn1. The summed E-state index contributed by atoms with van der Waals surface area (Å²) in [6, 6.07) is 6.76. The number of anilines is 2. The normalized spacial score (nSPS) is 19.5. The zero-order chi connectivity index (χ0) is 30.1. The predicted octanol–water partition coefficient (Wildman–Crippen LogP) is 5.75. The van der Waals surface area contributed by atoms with Crippen molar-refractivity contribution in [3.8, 4) is 5.69 Å². The summed E-state index contributed by atoms with van der Waals surface area (Å²) in [6.45, 7) is 0.483. The number of alkyl halides is 3. The Kier molecular flexibility index (Phi) is 6.28. The van der Waals surface area contributed by atoms with Crippen LogP contribution in [0.3, 0.4) is 0 Å². The summed E-state index contributed by atoms with van der Waals surface area (Å²) in [5.41, 5.74) is -3.24. The lowest BCUT2D eigenvalue weighted by Gasteiger charge is -2.27. The van der Waals surface area contributed by atoms with Crippen LogP contribution >= 0.6 is 11.6 Å². The summed E-state index contributed by atoms with van der Waals surface area (Å²) < 4.78 is 71.6. The highest BCUT2D eigenvalue weighted by Crippen LogP contribution is 2.49. The summed E-state index contributed by atoms with van der Waals surface area (Å²) in [4.78, 5) is 31.5. The molecule has 6 rings (SSSR count). The smallest absolute Gasteiger partial charge is 0.375 e. The van der Waals surface area contributed by atoms with Crippen LogP contribution in [0.25, 0.3) is 5.69 Å². The van der Waals surface area contributed by atoms with Crippen LogP contribution in [0.5, 0.6) is 0 Å². The van der Waals surface area contributed by atoms with E-state index in [1.165, 1.54) is 24.5 Å². The molecule has 3 N–H and O–H groups in total. The van der Waals surface area contributed by atoms with E-state index in [0.717, 1.165) is 24.3 Å². The first-order valence-corrected chi connectivity index (χ1v) is 12.8. The molecule has 3 amide bonds. The van der Waals surface area contributed by atoms with E-state index < -0.39 is 53.5 Å². The van der Waals surface area contributed by atoms with Crippen molar-refractivity contribution in [2.75, 3.05) is 16.8 Å². The molecule has 3 aromatic carbocycles. The number of rotatable bonds is 3. The molecule has 0 saturated heterocycles. The standard InChI is InChI=1S/C28H19ClF5N5O3/c1-13-10-38(12-35-13)16-8-18-23(24(37-25(18)40)17-6-14(30)2-4-20(17)29)21(9-16)36-26(41)39-11-27(42,28(32,33)34)19-7-15(31)3-5-22(19)39/h2-10,12,24,42H,11H2,1H3,(H,36,41)(H,37,40)/t24-,27+/m1/s1. The minimum Gasteiger partial charge on any atom is -0.375 e. The van der Waals surface area contributed by atoms with Gasteiger partial charge in [0.05, 0.1) is 36.0 Å². The number of imidazole rings is 1. The molecule has 42 heavy (non-hydrogen) atoms. The van der Waals surface area contributed by atoms with Crippen LogP contribution < -0.4 is 15.5 Å². The third-order valence-corrected chi connectivity index (χ3v) is 7.63. The molecule has 0 unspecified atom stereocenters. The second-order valence-electron chi connectivity index (χ2n) is 9.98. The Morgan fingerprint density at radius 1 is 1.14 bits per heavy atom. The van der Waals surface area contributed by atoms with Crippen LogP contribution in [0, 0.1) is 18.6 Å². The molecule has 0 spiro atoms. The number of halogens is 6. The Morgan fingerprint density at radius 2 is 1.86 bits per heavy atom. The van der Waals surface area contributed by atoms with E-state index in [0.29, 0.717) is 22.3 Å². The molecule has 0 radical (unpaired) electrons. The summed E-state index contributed by atoms with van der Waals surface area (Å²) in [5.74, 6) is -2.24. The fraction of sp³-hybridized carbons (Fsp3) is 0.179. The van der Waals surface area contributed by atoms with Gasteiger partial charge in [-0.2, -0.15) is 13.2 Å². The van der Waals surface area contributed by atoms with Crippen molar-refractivity contribution in [3.63, 3.8) is 0 Å². The van der Waals surface area contributed by atoms with Gasteiger partial charge in [0.15, 0.2) is 0 Å². The molecule has 0 saturated carbocycles. The predicted molar refractivity (Wildman–Crippen MR) is 142 cm³/mol. The van der Waals surface area contributed by atoms with E-state index in [9.17, 15) is 36.6 Å². The fourth-order valence-electron chi connectivity index (χ4n) is 5.28. The third kappa shape index (κ3) is 4.36. The van der Waals surface area contributed by atoms with Gasteiger partial charge < -0.3 is 20.3 Å². The number of nitrogens with zero attached hydrogens (tertiary/aromatic N) is 3. The van der Waals surface area contributed by atoms with Gasteiger partial charge in [-0.25, -0.2) is 18.6 Å². The summed E-state index contributed by atoms with van der Waals surface area (Å²) >= 11 is 6.33. The lowest BCUT2D eigenvalue weighted by atomic mass is 9.95. The quantitative estimate of drug-likeness (QED) is 0.260. The van der Waals surface area contributed by atoms with Gasteiger partial charge in [0, 0.05) is 39.2 Å². The highest BCUT2D eigenvalue weighted by atomic mass is 35.5. The minimum atomic E-state index is -5.24. The number of aliphatic hydroxyl groups is 1. The maximum atomic E-state index is 14.2. The maximum Gasteiger partial charge on any atom is 0.423 e. The van der Waals surface area contributed by atoms with Crippen molar-refractivity contribution >= 4 is 34.9 Å². The average molecular weight is 604 g/mol. The molecule has 216 valence electrons. The second kappa shape index (κ2) is 9.53. The zero-order valence-corrected chi connectivity index (χ0v) is 22.2. The van der Waals surface area contributed by atoms with Gasteiger partial charge in [-0.05, 0) is 55.5 Å². The van der Waals surface area contributed by atoms with Crippen molar-refractivity contribution in [3.05, 3.63) is 106 Å². The first-order valence-electron chi connectivity index (χ1n) is 12.4. The highest BCUT2D eigenvalue weighted by molar-refractivity contribution is 6.31. The molecular weight excluding hydrogens is 585 g/mol. The molecule has 8 nitrogen and oxygen atoms in total. The number of aryl methyl sites for hydroxylation is 1. The molecular formula is C28H19ClF5N5O3. The maximum absolute atomic E-state index is 14.2. The topological polar surface area (TPSA) is 99.5 Å². The third-order valence-electron chi connectivity index (χ3n) is 7.29. The lowest BCUT2D eigenvalue weighted by molar-refractivity contribution is -0.258. The Bertz CT molecular complexity index is 1790. The lowest BCUT2D eigenvalue weighted by Crippen LogP contribution is -2.48. The number of hydrogen-bond acceptors (Lipinski definition) is 4. The molecule has 2 aliphatic heterocycles. The number of carbonyl (C=O) groups is 2. The molecule has 2 atom stereocenters. The van der Waals surface area contributed by atoms with E-state index in [-0.39, 0.29) is 33.1 Å². The van der Waals surface area contributed by atoms with E-state index in [2.05, 4.69) is 15.6 Å². The van der Waals surface area contributed by atoms with E-state index in [1.807, 2.05) is 0 Å². The van der Waals surface area contributed by atoms with Gasteiger partial charge in [-0.3, -0.25) is 9.69 Å². The molecule has 0 fully saturated rings. The first kappa shape index (κ1) is 27.7. The minimum absolute atomic E-state index is 0.00589. The number of benzene rings is 3. The Morgan fingerprint density at radius 3 is 2.55 bits per heavy atom. The second-order valence-corrected chi connectivity index (χ2v) is 10.4. The molecule has 2 aliphatic rings. The van der Waals surface area contributed by atoms with Crippen LogP contribution in [0.2, 0.25) is 5.02 Å². The first-order chi connectivity index (χ1) is 19.8. The van der Waals surface area contributed by atoms with Crippen LogP contribution in [0.15, 0.2) is 61.1 Å². The van der Waals surface area contributed by atoms with Gasteiger partial charge in [0.1, 0.15) is 11.6 Å². The van der Waals surface area contributed by atoms with E-state index in [4.69, 9.17) is 11.6 Å². The van der Waals surface area contributed by atoms with Crippen molar-refractivity contribution in [2.45, 2.75) is 24.7 Å². The summed E-state index contributed by atoms with van der Waals surface area (Å²) in [5, 5.41) is 16.0. The van der Waals surface area contributed by atoms with Crippen LogP contribution in [0.4, 0.5) is 38.1 Å². The molecule has 14 heteroatoms. The van der Waals surface area contributed by atoms with Crippen molar-refractivity contribution < 1.29 is 36.6 Å². The highest BCUT2D eigenvalue weighted by Gasteiger charge is 2.61. The van der Waals surface area contributed by atoms with E-state index >= 15 is 0 Å². The number of fused-ring (bicyclic) bond motifs is 2. The Balaban J connectivity index is 1.47. The van der Waals surface area contributed by atoms with Gasteiger partial charge in [0.2, 0.25) is 5.60 Å². The van der Waals surface area contributed by atoms with Gasteiger partial charge >= 0.3 is 12.2 Å². The van der Waals surface area contributed by atoms with E-state index in [1.54, 1.807) is 17.7 Å². The molecule has 4 aromatic rings. The number of β-amino-alcohol motifs (C(OH)–C–C–N with tert-alkyl or cyclic N) is 1. The van der Waals surface area contributed by atoms with Gasteiger partial charge in [-0.15, -0.1) is 0 Å². The van der Waals surface area contributed by atoms with Crippen molar-refractivity contribution in [1.29, 1.82) is 0 Å². The summed E-state index contributed by atoms with van der Waals surface area (Å²) in [6.07, 6.45) is -2.12. The zero-order valence-electron chi connectivity index (χ0n) is 21.4. The Labute approximate surface area is 239 Å². The number of nitrogens with one attached hydrogen (secondary N) is 2. The van der Waals surface area contributed by atoms with Gasteiger partial charge in [0.25, 0.3) is 5.91 Å². The number of amides is 3.